The van der Waals surface area contributed by atoms with Gasteiger partial charge in [-0.05, 0) is 25.8 Å². The Bertz CT molecular complexity index is 305. The summed E-state index contributed by atoms with van der Waals surface area (Å²) in [6.45, 7) is 4.82. The zero-order valence-corrected chi connectivity index (χ0v) is 13.7. The first-order chi connectivity index (χ1) is 9.06. The molecule has 5 nitrogen and oxygen atoms in total. The Morgan fingerprint density at radius 2 is 1.85 bits per heavy atom. The molecule has 0 spiro atoms. The van der Waals surface area contributed by atoms with E-state index in [1.807, 2.05) is 4.90 Å². The SMILES string of the molecule is CCCN(C(=O)CCCC(=O)N(C)C)C1CCNC1.Cl. The zero-order chi connectivity index (χ0) is 14.3. The molecule has 20 heavy (non-hydrogen) atoms. The van der Waals surface area contributed by atoms with Crippen molar-refractivity contribution in [3.8, 4) is 0 Å². The lowest BCUT2D eigenvalue weighted by Gasteiger charge is -2.28. The molecule has 1 atom stereocenters. The van der Waals surface area contributed by atoms with Gasteiger partial charge in [0.25, 0.3) is 0 Å². The van der Waals surface area contributed by atoms with Gasteiger partial charge in [-0.3, -0.25) is 9.59 Å². The molecule has 0 aromatic rings. The van der Waals surface area contributed by atoms with Crippen LogP contribution in [0.2, 0.25) is 0 Å². The molecule has 118 valence electrons. The first-order valence-corrected chi connectivity index (χ1v) is 7.26. The zero-order valence-electron chi connectivity index (χ0n) is 12.9. The Kier molecular flexibility index (Phi) is 9.59. The number of nitrogens with zero attached hydrogens (tertiary/aromatic N) is 2. The second-order valence-electron chi connectivity index (χ2n) is 5.38. The van der Waals surface area contributed by atoms with Crippen molar-refractivity contribution in [2.75, 3.05) is 33.7 Å². The largest absolute Gasteiger partial charge is 0.349 e. The Balaban J connectivity index is 0.00000361. The maximum Gasteiger partial charge on any atom is 0.222 e. The first-order valence-electron chi connectivity index (χ1n) is 7.26. The molecule has 1 unspecified atom stereocenters. The van der Waals surface area contributed by atoms with Crippen molar-refractivity contribution in [1.82, 2.24) is 15.1 Å². The van der Waals surface area contributed by atoms with Crippen molar-refractivity contribution < 1.29 is 9.59 Å². The van der Waals surface area contributed by atoms with Gasteiger partial charge >= 0.3 is 0 Å². The summed E-state index contributed by atoms with van der Waals surface area (Å²) in [6, 6.07) is 0.344. The minimum atomic E-state index is 0. The van der Waals surface area contributed by atoms with Crippen LogP contribution < -0.4 is 5.32 Å². The molecule has 0 aromatic carbocycles. The number of carbonyl (C=O) groups excluding carboxylic acids is 2. The summed E-state index contributed by atoms with van der Waals surface area (Å²) in [6.07, 6.45) is 3.62. The van der Waals surface area contributed by atoms with Crippen LogP contribution in [0.25, 0.3) is 0 Å². The average Bonchev–Trinajstić information content (AvgIpc) is 2.88. The van der Waals surface area contributed by atoms with Crippen molar-refractivity contribution in [3.05, 3.63) is 0 Å². The van der Waals surface area contributed by atoms with Gasteiger partial charge < -0.3 is 15.1 Å². The maximum atomic E-state index is 12.2. The molecule has 2 amide bonds. The molecule has 1 rings (SSSR count). The van der Waals surface area contributed by atoms with E-state index in [0.29, 0.717) is 25.3 Å². The van der Waals surface area contributed by atoms with Crippen LogP contribution >= 0.6 is 12.4 Å². The molecule has 0 aliphatic carbocycles. The van der Waals surface area contributed by atoms with Gasteiger partial charge in [0.2, 0.25) is 11.8 Å². The third kappa shape index (κ3) is 6.09. The molecule has 1 N–H and O–H groups in total. The van der Waals surface area contributed by atoms with E-state index in [2.05, 4.69) is 12.2 Å². The molecule has 0 bridgehead atoms. The number of halogens is 1. The van der Waals surface area contributed by atoms with Crippen molar-refractivity contribution in [1.29, 1.82) is 0 Å². The second-order valence-corrected chi connectivity index (χ2v) is 5.38. The summed E-state index contributed by atoms with van der Waals surface area (Å²) in [5, 5.41) is 3.30. The quantitative estimate of drug-likeness (QED) is 0.770. The fourth-order valence-electron chi connectivity index (χ4n) is 2.42. The Morgan fingerprint density at radius 1 is 1.20 bits per heavy atom. The van der Waals surface area contributed by atoms with Crippen LogP contribution in [-0.2, 0) is 9.59 Å². The Hall–Kier alpha value is -0.810. The summed E-state index contributed by atoms with van der Waals surface area (Å²) in [7, 11) is 3.50. The summed E-state index contributed by atoms with van der Waals surface area (Å²) in [4.78, 5) is 27.3. The van der Waals surface area contributed by atoms with Crippen molar-refractivity contribution in [3.63, 3.8) is 0 Å². The van der Waals surface area contributed by atoms with Gasteiger partial charge in [-0.1, -0.05) is 6.92 Å². The van der Waals surface area contributed by atoms with Crippen LogP contribution in [0, 0.1) is 0 Å². The topological polar surface area (TPSA) is 52.7 Å². The number of hydrogen-bond donors (Lipinski definition) is 1. The predicted molar refractivity (Wildman–Crippen MR) is 83.1 cm³/mol. The van der Waals surface area contributed by atoms with Gasteiger partial charge in [0.1, 0.15) is 0 Å². The lowest BCUT2D eigenvalue weighted by molar-refractivity contribution is -0.133. The van der Waals surface area contributed by atoms with Crippen LogP contribution in [0.3, 0.4) is 0 Å². The molecular weight excluding hydrogens is 278 g/mol. The third-order valence-corrected chi connectivity index (χ3v) is 3.54. The molecule has 1 aliphatic heterocycles. The van der Waals surface area contributed by atoms with E-state index in [0.717, 1.165) is 32.5 Å². The van der Waals surface area contributed by atoms with E-state index in [4.69, 9.17) is 0 Å². The molecule has 0 radical (unpaired) electrons. The molecule has 1 aliphatic rings. The van der Waals surface area contributed by atoms with Crippen molar-refractivity contribution in [2.24, 2.45) is 0 Å². The minimum Gasteiger partial charge on any atom is -0.349 e. The highest BCUT2D eigenvalue weighted by Crippen LogP contribution is 2.12. The minimum absolute atomic E-state index is 0. The van der Waals surface area contributed by atoms with Crippen LogP contribution in [-0.4, -0.2) is 61.4 Å². The van der Waals surface area contributed by atoms with Crippen molar-refractivity contribution >= 4 is 24.2 Å². The smallest absolute Gasteiger partial charge is 0.222 e. The number of carbonyl (C=O) groups is 2. The molecule has 1 heterocycles. The normalized spacial score (nSPS) is 17.4. The lowest BCUT2D eigenvalue weighted by atomic mass is 10.1. The van der Waals surface area contributed by atoms with Crippen LogP contribution in [0.5, 0.6) is 0 Å². The van der Waals surface area contributed by atoms with E-state index in [-0.39, 0.29) is 24.2 Å². The predicted octanol–water partition coefficient (Wildman–Crippen LogP) is 1.27. The van der Waals surface area contributed by atoms with Crippen LogP contribution in [0.4, 0.5) is 0 Å². The fraction of sp³-hybridized carbons (Fsp3) is 0.857. The van der Waals surface area contributed by atoms with Gasteiger partial charge in [0, 0.05) is 46.1 Å². The monoisotopic (exact) mass is 305 g/mol. The van der Waals surface area contributed by atoms with E-state index >= 15 is 0 Å². The van der Waals surface area contributed by atoms with Crippen LogP contribution in [0.1, 0.15) is 39.0 Å². The summed E-state index contributed by atoms with van der Waals surface area (Å²) in [5.41, 5.74) is 0. The van der Waals surface area contributed by atoms with Crippen LogP contribution in [0.15, 0.2) is 0 Å². The summed E-state index contributed by atoms with van der Waals surface area (Å²) >= 11 is 0. The number of hydrogen-bond acceptors (Lipinski definition) is 3. The van der Waals surface area contributed by atoms with Gasteiger partial charge in [-0.2, -0.15) is 0 Å². The molecule has 1 saturated heterocycles. The standard InChI is InChI=1S/C14H27N3O2.ClH/c1-4-10-17(12-8-9-15-11-12)14(19)7-5-6-13(18)16(2)3;/h12,15H,4-11H2,1-3H3;1H. The van der Waals surface area contributed by atoms with Gasteiger partial charge in [-0.25, -0.2) is 0 Å². The maximum absolute atomic E-state index is 12.2. The first kappa shape index (κ1) is 19.2. The summed E-state index contributed by atoms with van der Waals surface area (Å²) in [5.74, 6) is 0.291. The molecule has 0 saturated carbocycles. The van der Waals surface area contributed by atoms with E-state index in [1.165, 1.54) is 0 Å². The van der Waals surface area contributed by atoms with E-state index in [9.17, 15) is 9.59 Å². The molecular formula is C14H28ClN3O2. The molecule has 6 heteroatoms. The highest BCUT2D eigenvalue weighted by Gasteiger charge is 2.25. The third-order valence-electron chi connectivity index (χ3n) is 3.54. The number of amides is 2. The number of rotatable bonds is 7. The summed E-state index contributed by atoms with van der Waals surface area (Å²) < 4.78 is 0. The number of nitrogens with one attached hydrogen (secondary N) is 1. The Labute approximate surface area is 128 Å². The van der Waals surface area contributed by atoms with Crippen molar-refractivity contribution in [2.45, 2.75) is 45.1 Å². The van der Waals surface area contributed by atoms with E-state index < -0.39 is 0 Å². The highest BCUT2D eigenvalue weighted by atomic mass is 35.5. The van der Waals surface area contributed by atoms with Gasteiger partial charge in [0.15, 0.2) is 0 Å². The van der Waals surface area contributed by atoms with Gasteiger partial charge in [0.05, 0.1) is 0 Å². The molecule has 0 aromatic heterocycles. The lowest BCUT2D eigenvalue weighted by Crippen LogP contribution is -2.42. The Morgan fingerprint density at radius 3 is 2.35 bits per heavy atom. The average molecular weight is 306 g/mol. The molecule has 1 fully saturated rings. The second kappa shape index (κ2) is 10.00. The highest BCUT2D eigenvalue weighted by molar-refractivity contribution is 5.85. The van der Waals surface area contributed by atoms with Gasteiger partial charge in [-0.15, -0.1) is 12.4 Å². The van der Waals surface area contributed by atoms with E-state index in [1.54, 1.807) is 19.0 Å². The fourth-order valence-corrected chi connectivity index (χ4v) is 2.42.